The van der Waals surface area contributed by atoms with Crippen molar-refractivity contribution in [2.45, 2.75) is 13.0 Å². The second-order valence-corrected chi connectivity index (χ2v) is 3.57. The summed E-state index contributed by atoms with van der Waals surface area (Å²) in [6, 6.07) is 3.21. The first-order valence-electron chi connectivity index (χ1n) is 4.74. The van der Waals surface area contributed by atoms with Crippen molar-refractivity contribution in [3.8, 4) is 0 Å². The Balaban J connectivity index is 2.64. The summed E-state index contributed by atoms with van der Waals surface area (Å²) in [6.45, 7) is 1.73. The summed E-state index contributed by atoms with van der Waals surface area (Å²) >= 11 is 0. The topological polar surface area (TPSA) is 80.1 Å². The highest BCUT2D eigenvalue weighted by atomic mass is 16.5. The van der Waals surface area contributed by atoms with Crippen LogP contribution in [0, 0.1) is 12.3 Å². The van der Waals surface area contributed by atoms with Gasteiger partial charge in [0, 0.05) is 12.8 Å². The van der Waals surface area contributed by atoms with Gasteiger partial charge >= 0.3 is 0 Å². The van der Waals surface area contributed by atoms with Crippen LogP contribution in [0.4, 0.5) is 0 Å². The molecule has 1 heterocycles. The number of nitrogens with one attached hydrogen (secondary N) is 1. The molecule has 0 aromatic carbocycles. The molecule has 1 atom stereocenters. The number of hydrogen-bond acceptors (Lipinski definition) is 5. The van der Waals surface area contributed by atoms with Crippen molar-refractivity contribution in [3.63, 3.8) is 0 Å². The van der Waals surface area contributed by atoms with Gasteiger partial charge in [0.15, 0.2) is 11.9 Å². The first-order chi connectivity index (χ1) is 7.56. The number of aromatic nitrogens is 1. The standard InChI is InChI=1S/C11H10N2O3/c1-5-3-4-6-8(13-5)10(15)7(12)11(16-2)9(6)14/h3-4,11-12H,1-2H3. The van der Waals surface area contributed by atoms with Crippen LogP contribution in [0.15, 0.2) is 12.1 Å². The van der Waals surface area contributed by atoms with Crippen LogP contribution in [-0.2, 0) is 4.74 Å². The Morgan fingerprint density at radius 2 is 2.06 bits per heavy atom. The minimum Gasteiger partial charge on any atom is -0.367 e. The Labute approximate surface area is 92.0 Å². The minimum atomic E-state index is -1.09. The van der Waals surface area contributed by atoms with Gasteiger partial charge in [-0.1, -0.05) is 0 Å². The number of rotatable bonds is 1. The Hall–Kier alpha value is -1.88. The van der Waals surface area contributed by atoms with Crippen LogP contribution in [0.2, 0.25) is 0 Å². The summed E-state index contributed by atoms with van der Waals surface area (Å²) in [5, 5.41) is 7.55. The Kier molecular flexibility index (Phi) is 2.40. The molecule has 0 spiro atoms. The maximum Gasteiger partial charge on any atom is 0.228 e. The number of nitrogens with zero attached hydrogens (tertiary/aromatic N) is 1. The SMILES string of the molecule is COC1C(=N)C(=O)c2nc(C)ccc2C1=O. The van der Waals surface area contributed by atoms with E-state index >= 15 is 0 Å². The molecule has 1 aromatic heterocycles. The molecule has 0 saturated carbocycles. The van der Waals surface area contributed by atoms with Gasteiger partial charge in [-0.05, 0) is 19.1 Å². The van der Waals surface area contributed by atoms with Gasteiger partial charge in [-0.25, -0.2) is 4.98 Å². The lowest BCUT2D eigenvalue weighted by Crippen LogP contribution is -2.42. The summed E-state index contributed by atoms with van der Waals surface area (Å²) in [7, 11) is 1.30. The Morgan fingerprint density at radius 3 is 2.69 bits per heavy atom. The van der Waals surface area contributed by atoms with E-state index in [9.17, 15) is 9.59 Å². The van der Waals surface area contributed by atoms with Crippen LogP contribution in [0.25, 0.3) is 0 Å². The van der Waals surface area contributed by atoms with E-state index in [1.54, 1.807) is 19.1 Å². The Bertz CT molecular complexity index is 508. The third-order valence-corrected chi connectivity index (χ3v) is 2.50. The fourth-order valence-corrected chi connectivity index (χ4v) is 1.67. The lowest BCUT2D eigenvalue weighted by Gasteiger charge is -2.21. The van der Waals surface area contributed by atoms with E-state index in [0.717, 1.165) is 0 Å². The predicted octanol–water partition coefficient (Wildman–Crippen LogP) is 0.804. The van der Waals surface area contributed by atoms with Gasteiger partial charge in [-0.2, -0.15) is 0 Å². The smallest absolute Gasteiger partial charge is 0.228 e. The zero-order valence-corrected chi connectivity index (χ0v) is 8.90. The maximum absolute atomic E-state index is 11.9. The first kappa shape index (κ1) is 10.6. The van der Waals surface area contributed by atoms with E-state index in [4.69, 9.17) is 10.1 Å². The third kappa shape index (κ3) is 1.37. The molecule has 16 heavy (non-hydrogen) atoms. The number of aryl methyl sites for hydroxylation is 1. The highest BCUT2D eigenvalue weighted by Gasteiger charge is 2.38. The second kappa shape index (κ2) is 3.61. The van der Waals surface area contributed by atoms with Gasteiger partial charge in [-0.15, -0.1) is 0 Å². The highest BCUT2D eigenvalue weighted by Crippen LogP contribution is 2.19. The number of fused-ring (bicyclic) bond motifs is 1. The molecule has 0 amide bonds. The predicted molar refractivity (Wildman–Crippen MR) is 56.2 cm³/mol. The molecule has 0 fully saturated rings. The lowest BCUT2D eigenvalue weighted by molar-refractivity contribution is 0.0721. The lowest BCUT2D eigenvalue weighted by atomic mass is 9.89. The second-order valence-electron chi connectivity index (χ2n) is 3.57. The van der Waals surface area contributed by atoms with E-state index in [1.165, 1.54) is 7.11 Å². The molecule has 1 aromatic rings. The summed E-state index contributed by atoms with van der Waals surface area (Å²) in [6.07, 6.45) is -1.09. The van der Waals surface area contributed by atoms with Crippen molar-refractivity contribution in [2.75, 3.05) is 7.11 Å². The fourth-order valence-electron chi connectivity index (χ4n) is 1.67. The van der Waals surface area contributed by atoms with Gasteiger partial charge in [0.25, 0.3) is 0 Å². The van der Waals surface area contributed by atoms with Crippen molar-refractivity contribution >= 4 is 17.3 Å². The number of ketones is 2. The number of methoxy groups -OCH3 is 1. The number of pyridine rings is 1. The van der Waals surface area contributed by atoms with E-state index < -0.39 is 11.9 Å². The van der Waals surface area contributed by atoms with E-state index in [2.05, 4.69) is 4.98 Å². The van der Waals surface area contributed by atoms with Crippen LogP contribution in [0.5, 0.6) is 0 Å². The quantitative estimate of drug-likeness (QED) is 0.756. The summed E-state index contributed by atoms with van der Waals surface area (Å²) < 4.78 is 4.85. The van der Waals surface area contributed by atoms with Gasteiger partial charge in [0.1, 0.15) is 11.4 Å². The third-order valence-electron chi connectivity index (χ3n) is 2.50. The summed E-state index contributed by atoms with van der Waals surface area (Å²) in [4.78, 5) is 27.6. The number of ether oxygens (including phenoxy) is 1. The van der Waals surface area contributed by atoms with Crippen molar-refractivity contribution < 1.29 is 14.3 Å². The van der Waals surface area contributed by atoms with Gasteiger partial charge in [0.05, 0.1) is 5.56 Å². The van der Waals surface area contributed by atoms with Crippen molar-refractivity contribution in [2.24, 2.45) is 0 Å². The van der Waals surface area contributed by atoms with Crippen molar-refractivity contribution in [1.29, 1.82) is 5.41 Å². The van der Waals surface area contributed by atoms with Crippen LogP contribution in [0.3, 0.4) is 0 Å². The molecule has 82 valence electrons. The average Bonchev–Trinajstić information content (AvgIpc) is 2.27. The molecule has 2 rings (SSSR count). The maximum atomic E-state index is 11.9. The molecular weight excluding hydrogens is 208 g/mol. The average molecular weight is 218 g/mol. The molecule has 0 saturated heterocycles. The van der Waals surface area contributed by atoms with Crippen LogP contribution in [0.1, 0.15) is 26.5 Å². The minimum absolute atomic E-state index is 0.0586. The van der Waals surface area contributed by atoms with Gasteiger partial charge in [0.2, 0.25) is 5.78 Å². The molecule has 1 aliphatic rings. The molecule has 1 N–H and O–H groups in total. The number of hydrogen-bond donors (Lipinski definition) is 1. The number of Topliss-reactive ketones (excluding diaryl/α,β-unsaturated/α-hetero) is 2. The molecule has 5 heteroatoms. The van der Waals surface area contributed by atoms with E-state index in [-0.39, 0.29) is 22.8 Å². The van der Waals surface area contributed by atoms with Gasteiger partial charge in [-0.3, -0.25) is 15.0 Å². The van der Waals surface area contributed by atoms with Crippen molar-refractivity contribution in [1.82, 2.24) is 4.98 Å². The van der Waals surface area contributed by atoms with Gasteiger partial charge < -0.3 is 4.74 Å². The van der Waals surface area contributed by atoms with Crippen molar-refractivity contribution in [3.05, 3.63) is 29.1 Å². The number of carbonyl (C=O) groups excluding carboxylic acids is 2. The molecular formula is C11H10N2O3. The zero-order chi connectivity index (χ0) is 11.9. The Morgan fingerprint density at radius 1 is 1.38 bits per heavy atom. The molecule has 1 aliphatic carbocycles. The summed E-state index contributed by atoms with van der Waals surface area (Å²) in [5.74, 6) is -0.917. The number of carbonyl (C=O) groups is 2. The van der Waals surface area contributed by atoms with E-state index in [0.29, 0.717) is 5.69 Å². The zero-order valence-electron chi connectivity index (χ0n) is 8.90. The normalized spacial score (nSPS) is 19.9. The monoisotopic (exact) mass is 218 g/mol. The summed E-state index contributed by atoms with van der Waals surface area (Å²) in [5.41, 5.74) is 0.586. The van der Waals surface area contributed by atoms with Crippen LogP contribution < -0.4 is 0 Å². The molecule has 0 aliphatic heterocycles. The highest BCUT2D eigenvalue weighted by molar-refractivity contribution is 6.53. The molecule has 5 nitrogen and oxygen atoms in total. The van der Waals surface area contributed by atoms with E-state index in [1.807, 2.05) is 0 Å². The largest absolute Gasteiger partial charge is 0.367 e. The first-order valence-corrected chi connectivity index (χ1v) is 4.74. The molecule has 0 bridgehead atoms. The molecule has 0 radical (unpaired) electrons. The van der Waals surface area contributed by atoms with Crippen LogP contribution >= 0.6 is 0 Å². The fraction of sp³-hybridized carbons (Fsp3) is 0.273. The van der Waals surface area contributed by atoms with Crippen LogP contribution in [-0.4, -0.2) is 35.5 Å². The molecule has 1 unspecified atom stereocenters.